The molecule has 3 N–H and O–H groups in total. The van der Waals surface area contributed by atoms with Crippen molar-refractivity contribution in [3.63, 3.8) is 0 Å². The Hall–Kier alpha value is -3.46. The van der Waals surface area contributed by atoms with Gasteiger partial charge in [-0.05, 0) is 43.0 Å². The number of nitro groups is 1. The number of nitrogens with zero attached hydrogens (tertiary/aromatic N) is 2. The monoisotopic (exact) mass is 423 g/mol. The summed E-state index contributed by atoms with van der Waals surface area (Å²) in [7, 11) is 0. The minimum Gasteiger partial charge on any atom is -0.377 e. The van der Waals surface area contributed by atoms with Crippen LogP contribution < -0.4 is 16.0 Å². The summed E-state index contributed by atoms with van der Waals surface area (Å²) in [6.45, 7) is 1.75. The number of hydrogen-bond acceptors (Lipinski definition) is 6. The topological polar surface area (TPSA) is 117 Å². The lowest BCUT2D eigenvalue weighted by Gasteiger charge is -2.32. The first kappa shape index (κ1) is 20.8. The molecule has 0 unspecified atom stereocenters. The van der Waals surface area contributed by atoms with Gasteiger partial charge in [-0.15, -0.1) is 0 Å². The second kappa shape index (κ2) is 9.13. The summed E-state index contributed by atoms with van der Waals surface area (Å²) in [6.07, 6.45) is 2.37. The first-order valence-corrected chi connectivity index (χ1v) is 10.4. The van der Waals surface area contributed by atoms with E-state index < -0.39 is 0 Å². The van der Waals surface area contributed by atoms with Gasteiger partial charge in [-0.1, -0.05) is 18.2 Å². The Labute approximate surface area is 180 Å². The molecule has 2 aliphatic heterocycles. The van der Waals surface area contributed by atoms with Crippen LogP contribution in [0.15, 0.2) is 42.5 Å². The van der Waals surface area contributed by atoms with Crippen molar-refractivity contribution in [1.82, 2.24) is 4.90 Å². The number of likely N-dealkylation sites (tertiary alicyclic amines) is 1. The summed E-state index contributed by atoms with van der Waals surface area (Å²) in [5, 5.41) is 20.5. The highest BCUT2D eigenvalue weighted by Crippen LogP contribution is 2.35. The van der Waals surface area contributed by atoms with Gasteiger partial charge in [0.15, 0.2) is 0 Å². The Kier molecular flexibility index (Phi) is 6.13. The molecule has 1 saturated heterocycles. The molecule has 9 nitrogen and oxygen atoms in total. The van der Waals surface area contributed by atoms with Crippen LogP contribution in [0.5, 0.6) is 0 Å². The molecule has 0 radical (unpaired) electrons. The van der Waals surface area contributed by atoms with Gasteiger partial charge in [0.05, 0.1) is 11.5 Å². The van der Waals surface area contributed by atoms with Crippen LogP contribution in [0.25, 0.3) is 0 Å². The van der Waals surface area contributed by atoms with E-state index in [4.69, 9.17) is 0 Å². The van der Waals surface area contributed by atoms with Crippen LogP contribution in [0.3, 0.4) is 0 Å². The highest BCUT2D eigenvalue weighted by molar-refractivity contribution is 5.95. The Balaban J connectivity index is 1.34. The Morgan fingerprint density at radius 3 is 2.61 bits per heavy atom. The van der Waals surface area contributed by atoms with Gasteiger partial charge < -0.3 is 16.0 Å². The molecule has 0 bridgehead atoms. The van der Waals surface area contributed by atoms with Crippen molar-refractivity contribution in [2.45, 2.75) is 31.7 Å². The molecule has 162 valence electrons. The Morgan fingerprint density at radius 2 is 1.90 bits per heavy atom. The maximum atomic E-state index is 12.3. The zero-order valence-corrected chi connectivity index (χ0v) is 17.1. The summed E-state index contributed by atoms with van der Waals surface area (Å²) in [5.41, 5.74) is 2.65. The van der Waals surface area contributed by atoms with Crippen molar-refractivity contribution >= 4 is 34.6 Å². The molecule has 0 saturated carbocycles. The van der Waals surface area contributed by atoms with Crippen LogP contribution >= 0.6 is 0 Å². The zero-order valence-electron chi connectivity index (χ0n) is 17.1. The van der Waals surface area contributed by atoms with Crippen LogP contribution in [0, 0.1) is 10.1 Å². The van der Waals surface area contributed by atoms with Gasteiger partial charge in [-0.25, -0.2) is 0 Å². The van der Waals surface area contributed by atoms with Crippen LogP contribution in [0.1, 0.15) is 24.8 Å². The van der Waals surface area contributed by atoms with Crippen molar-refractivity contribution in [3.8, 4) is 0 Å². The fourth-order valence-corrected chi connectivity index (χ4v) is 4.06. The number of nitro benzene ring substituents is 1. The van der Waals surface area contributed by atoms with Gasteiger partial charge in [0.25, 0.3) is 5.69 Å². The van der Waals surface area contributed by atoms with Gasteiger partial charge in [0, 0.05) is 43.0 Å². The summed E-state index contributed by atoms with van der Waals surface area (Å²) in [6, 6.07) is 12.6. The molecular formula is C22H25N5O4. The molecule has 0 aromatic heterocycles. The van der Waals surface area contributed by atoms with Gasteiger partial charge in [-0.2, -0.15) is 0 Å². The quantitative estimate of drug-likeness (QED) is 0.486. The SMILES string of the molecule is O=C(CN1CCC(Nc2cc3c(cc2[N+](=O)[O-])CCC(=O)N3)CC1)Nc1ccccc1. The van der Waals surface area contributed by atoms with E-state index in [9.17, 15) is 19.7 Å². The number of nitrogens with one attached hydrogen (secondary N) is 3. The lowest BCUT2D eigenvalue weighted by molar-refractivity contribution is -0.384. The Morgan fingerprint density at radius 1 is 1.16 bits per heavy atom. The number of aryl methyl sites for hydroxylation is 1. The van der Waals surface area contributed by atoms with E-state index in [-0.39, 0.29) is 28.5 Å². The number of hydrogen-bond donors (Lipinski definition) is 3. The molecule has 2 aliphatic rings. The molecule has 9 heteroatoms. The molecule has 31 heavy (non-hydrogen) atoms. The molecule has 2 amide bonds. The number of benzene rings is 2. The van der Waals surface area contributed by atoms with E-state index >= 15 is 0 Å². The highest BCUT2D eigenvalue weighted by atomic mass is 16.6. The molecule has 0 aliphatic carbocycles. The van der Waals surface area contributed by atoms with E-state index in [1.807, 2.05) is 30.3 Å². The third-order valence-electron chi connectivity index (χ3n) is 5.69. The predicted molar refractivity (Wildman–Crippen MR) is 118 cm³/mol. The predicted octanol–water partition coefficient (Wildman–Crippen LogP) is 2.99. The second-order valence-electron chi connectivity index (χ2n) is 7.94. The summed E-state index contributed by atoms with van der Waals surface area (Å²) in [5.74, 6) is -0.131. The van der Waals surface area contributed by atoms with Crippen LogP contribution in [0.4, 0.5) is 22.7 Å². The number of fused-ring (bicyclic) bond motifs is 1. The van der Waals surface area contributed by atoms with Crippen molar-refractivity contribution in [2.75, 3.05) is 35.6 Å². The van der Waals surface area contributed by atoms with Crippen molar-refractivity contribution in [3.05, 3.63) is 58.1 Å². The van der Waals surface area contributed by atoms with E-state index in [1.54, 1.807) is 12.1 Å². The number of para-hydroxylation sites is 1. The molecule has 2 aromatic rings. The number of amides is 2. The van der Waals surface area contributed by atoms with Crippen LogP contribution in [0.2, 0.25) is 0 Å². The summed E-state index contributed by atoms with van der Waals surface area (Å²) >= 11 is 0. The lowest BCUT2D eigenvalue weighted by atomic mass is 10.00. The molecular weight excluding hydrogens is 398 g/mol. The minimum atomic E-state index is -0.387. The van der Waals surface area contributed by atoms with E-state index in [0.29, 0.717) is 30.8 Å². The third kappa shape index (κ3) is 5.18. The minimum absolute atomic E-state index is 0.0274. The van der Waals surface area contributed by atoms with Crippen LogP contribution in [-0.4, -0.2) is 47.3 Å². The van der Waals surface area contributed by atoms with Crippen LogP contribution in [-0.2, 0) is 16.0 Å². The number of anilines is 3. The molecule has 0 atom stereocenters. The zero-order chi connectivity index (χ0) is 21.8. The van der Waals surface area contributed by atoms with Gasteiger partial charge in [-0.3, -0.25) is 24.6 Å². The maximum absolute atomic E-state index is 12.3. The van der Waals surface area contributed by atoms with Crippen molar-refractivity contribution in [1.29, 1.82) is 0 Å². The number of piperidine rings is 1. The molecule has 0 spiro atoms. The largest absolute Gasteiger partial charge is 0.377 e. The van der Waals surface area contributed by atoms with Crippen molar-refractivity contribution < 1.29 is 14.5 Å². The fourth-order valence-electron chi connectivity index (χ4n) is 4.06. The van der Waals surface area contributed by atoms with Gasteiger partial charge in [0.1, 0.15) is 5.69 Å². The number of rotatable bonds is 6. The third-order valence-corrected chi connectivity index (χ3v) is 5.69. The Bertz CT molecular complexity index is 987. The average Bonchev–Trinajstić information content (AvgIpc) is 2.75. The first-order chi connectivity index (χ1) is 15.0. The van der Waals surface area contributed by atoms with E-state index in [2.05, 4.69) is 20.9 Å². The summed E-state index contributed by atoms with van der Waals surface area (Å²) < 4.78 is 0. The molecule has 4 rings (SSSR count). The van der Waals surface area contributed by atoms with Gasteiger partial charge >= 0.3 is 0 Å². The summed E-state index contributed by atoms with van der Waals surface area (Å²) in [4.78, 5) is 37.2. The van der Waals surface area contributed by atoms with Gasteiger partial charge in [0.2, 0.25) is 11.8 Å². The molecule has 2 aromatic carbocycles. The van der Waals surface area contributed by atoms with E-state index in [0.717, 1.165) is 37.2 Å². The first-order valence-electron chi connectivity index (χ1n) is 10.4. The number of carbonyl (C=O) groups excluding carboxylic acids is 2. The normalized spacial score (nSPS) is 16.8. The fraction of sp³-hybridized carbons (Fsp3) is 0.364. The second-order valence-corrected chi connectivity index (χ2v) is 7.94. The molecule has 2 heterocycles. The number of carbonyl (C=O) groups is 2. The smallest absolute Gasteiger partial charge is 0.292 e. The average molecular weight is 423 g/mol. The maximum Gasteiger partial charge on any atom is 0.292 e. The molecule has 1 fully saturated rings. The lowest BCUT2D eigenvalue weighted by Crippen LogP contribution is -2.42. The van der Waals surface area contributed by atoms with E-state index in [1.165, 1.54) is 0 Å². The highest BCUT2D eigenvalue weighted by Gasteiger charge is 2.26. The standard InChI is InChI=1S/C22H25N5O4/c28-21-7-6-15-12-20(27(30)31)19(13-18(15)25-21)23-17-8-10-26(11-9-17)14-22(29)24-16-4-2-1-3-5-16/h1-5,12-13,17,23H,6-11,14H2,(H,24,29)(H,25,28). The van der Waals surface area contributed by atoms with Crippen molar-refractivity contribution in [2.24, 2.45) is 0 Å².